The summed E-state index contributed by atoms with van der Waals surface area (Å²) in [5.41, 5.74) is 0. The van der Waals surface area contributed by atoms with Gasteiger partial charge < -0.3 is 9.84 Å². The van der Waals surface area contributed by atoms with Gasteiger partial charge in [-0.05, 0) is 32.4 Å². The van der Waals surface area contributed by atoms with Crippen molar-refractivity contribution in [2.75, 3.05) is 26.3 Å². The van der Waals surface area contributed by atoms with Gasteiger partial charge in [0.2, 0.25) is 0 Å². The Morgan fingerprint density at radius 1 is 1.47 bits per heavy atom. The molecule has 0 bridgehead atoms. The number of hydrogen-bond donors (Lipinski definition) is 1. The van der Waals surface area contributed by atoms with Crippen molar-refractivity contribution in [1.82, 2.24) is 4.90 Å². The monoisotopic (exact) mass is 213 g/mol. The molecule has 0 aromatic heterocycles. The first-order valence-corrected chi connectivity index (χ1v) is 5.79. The van der Waals surface area contributed by atoms with Crippen LogP contribution in [0.15, 0.2) is 0 Å². The summed E-state index contributed by atoms with van der Waals surface area (Å²) in [6.07, 6.45) is 3.78. The molecule has 0 radical (unpaired) electrons. The Morgan fingerprint density at radius 3 is 2.73 bits per heavy atom. The summed E-state index contributed by atoms with van der Waals surface area (Å²) in [6, 6.07) is 0.306. The lowest BCUT2D eigenvalue weighted by molar-refractivity contribution is -0.139. The van der Waals surface area contributed by atoms with Gasteiger partial charge in [0.05, 0.1) is 19.6 Å². The fraction of sp³-hybridized carbons (Fsp3) is 0.909. The minimum absolute atomic E-state index is 0.306. The van der Waals surface area contributed by atoms with E-state index in [0.29, 0.717) is 12.5 Å². The van der Waals surface area contributed by atoms with E-state index >= 15 is 0 Å². The van der Waals surface area contributed by atoms with Crippen LogP contribution < -0.4 is 0 Å². The van der Waals surface area contributed by atoms with E-state index in [-0.39, 0.29) is 0 Å². The van der Waals surface area contributed by atoms with Crippen molar-refractivity contribution >= 4 is 5.97 Å². The summed E-state index contributed by atoms with van der Waals surface area (Å²) >= 11 is 0. The summed E-state index contributed by atoms with van der Waals surface area (Å²) < 4.78 is 5.12. The summed E-state index contributed by atoms with van der Waals surface area (Å²) in [7, 11) is 0. The summed E-state index contributed by atoms with van der Waals surface area (Å²) in [5.74, 6) is 0.0984. The van der Waals surface area contributed by atoms with Crippen molar-refractivity contribution < 1.29 is 14.6 Å². The average Bonchev–Trinajstić information content (AvgIpc) is 2.09. The normalized spacial score (nSPS) is 27.1. The van der Waals surface area contributed by atoms with Gasteiger partial charge in [-0.3, -0.25) is 9.69 Å². The SMILES string of the molecule is O=C(O)CC1CCN1CCCC1COC1. The molecular weight excluding hydrogens is 194 g/mol. The molecule has 2 aliphatic heterocycles. The van der Waals surface area contributed by atoms with Crippen molar-refractivity contribution in [1.29, 1.82) is 0 Å². The van der Waals surface area contributed by atoms with Crippen LogP contribution in [-0.2, 0) is 9.53 Å². The molecule has 4 nitrogen and oxygen atoms in total. The quantitative estimate of drug-likeness (QED) is 0.714. The minimum atomic E-state index is -0.669. The molecule has 2 aliphatic rings. The van der Waals surface area contributed by atoms with Crippen LogP contribution in [0.1, 0.15) is 25.7 Å². The highest BCUT2D eigenvalue weighted by molar-refractivity contribution is 5.67. The predicted octanol–water partition coefficient (Wildman–Crippen LogP) is 0.962. The average molecular weight is 213 g/mol. The highest BCUT2D eigenvalue weighted by Crippen LogP contribution is 2.22. The van der Waals surface area contributed by atoms with Crippen molar-refractivity contribution in [3.63, 3.8) is 0 Å². The predicted molar refractivity (Wildman–Crippen MR) is 55.8 cm³/mol. The Morgan fingerprint density at radius 2 is 2.27 bits per heavy atom. The van der Waals surface area contributed by atoms with Crippen LogP contribution in [0.5, 0.6) is 0 Å². The Kier molecular flexibility index (Phi) is 3.59. The van der Waals surface area contributed by atoms with E-state index < -0.39 is 5.97 Å². The van der Waals surface area contributed by atoms with E-state index in [1.54, 1.807) is 0 Å². The van der Waals surface area contributed by atoms with E-state index in [0.717, 1.165) is 38.6 Å². The molecule has 15 heavy (non-hydrogen) atoms. The third-order valence-corrected chi connectivity index (χ3v) is 3.44. The van der Waals surface area contributed by atoms with Crippen LogP contribution in [0.25, 0.3) is 0 Å². The van der Waals surface area contributed by atoms with Gasteiger partial charge in [0.1, 0.15) is 0 Å². The van der Waals surface area contributed by atoms with E-state index in [1.165, 1.54) is 12.8 Å². The molecule has 1 N–H and O–H groups in total. The number of likely N-dealkylation sites (tertiary alicyclic amines) is 1. The van der Waals surface area contributed by atoms with Crippen LogP contribution >= 0.6 is 0 Å². The molecule has 86 valence electrons. The summed E-state index contributed by atoms with van der Waals surface area (Å²) in [6.45, 7) is 4.00. The molecule has 0 spiro atoms. The molecule has 2 saturated heterocycles. The Labute approximate surface area is 90.2 Å². The second kappa shape index (κ2) is 4.94. The van der Waals surface area contributed by atoms with E-state index in [4.69, 9.17) is 9.84 Å². The standard InChI is InChI=1S/C11H19NO3/c13-11(14)6-10-3-5-12(10)4-1-2-9-7-15-8-9/h9-10H,1-8H2,(H,13,14). The van der Waals surface area contributed by atoms with Crippen LogP contribution in [0.2, 0.25) is 0 Å². The van der Waals surface area contributed by atoms with E-state index in [9.17, 15) is 4.79 Å². The van der Waals surface area contributed by atoms with E-state index in [1.807, 2.05) is 0 Å². The van der Waals surface area contributed by atoms with Crippen molar-refractivity contribution in [2.45, 2.75) is 31.7 Å². The third-order valence-electron chi connectivity index (χ3n) is 3.44. The lowest BCUT2D eigenvalue weighted by atomic mass is 9.97. The maximum absolute atomic E-state index is 10.5. The molecule has 4 heteroatoms. The fourth-order valence-electron chi connectivity index (χ4n) is 2.26. The molecule has 0 aromatic rings. The maximum atomic E-state index is 10.5. The van der Waals surface area contributed by atoms with Crippen LogP contribution in [0.4, 0.5) is 0 Å². The Hall–Kier alpha value is -0.610. The first-order valence-electron chi connectivity index (χ1n) is 5.79. The molecule has 1 unspecified atom stereocenters. The molecule has 0 aliphatic carbocycles. The van der Waals surface area contributed by atoms with Gasteiger partial charge in [-0.15, -0.1) is 0 Å². The van der Waals surface area contributed by atoms with Crippen molar-refractivity contribution in [3.8, 4) is 0 Å². The van der Waals surface area contributed by atoms with Gasteiger partial charge in [-0.2, -0.15) is 0 Å². The van der Waals surface area contributed by atoms with Gasteiger partial charge >= 0.3 is 5.97 Å². The molecule has 0 saturated carbocycles. The number of carbonyl (C=O) groups is 1. The molecule has 1 atom stereocenters. The Bertz CT molecular complexity index is 228. The lowest BCUT2D eigenvalue weighted by Gasteiger charge is -2.40. The minimum Gasteiger partial charge on any atom is -0.481 e. The zero-order chi connectivity index (χ0) is 10.7. The number of aliphatic carboxylic acids is 1. The molecular formula is C11H19NO3. The molecule has 2 fully saturated rings. The third kappa shape index (κ3) is 2.92. The van der Waals surface area contributed by atoms with Crippen LogP contribution in [0.3, 0.4) is 0 Å². The highest BCUT2D eigenvalue weighted by atomic mass is 16.5. The van der Waals surface area contributed by atoms with Gasteiger partial charge in [0, 0.05) is 12.0 Å². The first-order chi connectivity index (χ1) is 7.25. The number of rotatable bonds is 6. The van der Waals surface area contributed by atoms with Gasteiger partial charge in [-0.25, -0.2) is 0 Å². The lowest BCUT2D eigenvalue weighted by Crippen LogP contribution is -2.49. The van der Waals surface area contributed by atoms with Crippen LogP contribution in [0, 0.1) is 5.92 Å². The molecule has 2 rings (SSSR count). The van der Waals surface area contributed by atoms with Crippen LogP contribution in [-0.4, -0.2) is 48.3 Å². The molecule has 0 amide bonds. The summed E-state index contributed by atoms with van der Waals surface area (Å²) in [4.78, 5) is 12.8. The number of ether oxygens (including phenoxy) is 1. The number of carboxylic acid groups (broad SMARTS) is 1. The Balaban J connectivity index is 1.56. The second-order valence-corrected chi connectivity index (χ2v) is 4.62. The highest BCUT2D eigenvalue weighted by Gasteiger charge is 2.29. The van der Waals surface area contributed by atoms with Gasteiger partial charge in [0.15, 0.2) is 0 Å². The smallest absolute Gasteiger partial charge is 0.304 e. The zero-order valence-electron chi connectivity index (χ0n) is 9.02. The topological polar surface area (TPSA) is 49.8 Å². The number of carboxylic acids is 1. The van der Waals surface area contributed by atoms with Crippen molar-refractivity contribution in [3.05, 3.63) is 0 Å². The van der Waals surface area contributed by atoms with E-state index in [2.05, 4.69) is 4.90 Å². The fourth-order valence-corrected chi connectivity index (χ4v) is 2.26. The van der Waals surface area contributed by atoms with Crippen molar-refractivity contribution in [2.24, 2.45) is 5.92 Å². The van der Waals surface area contributed by atoms with Gasteiger partial charge in [0.25, 0.3) is 0 Å². The summed E-state index contributed by atoms with van der Waals surface area (Å²) in [5, 5.41) is 8.68. The first kappa shape index (κ1) is 10.9. The number of nitrogens with zero attached hydrogens (tertiary/aromatic N) is 1. The largest absolute Gasteiger partial charge is 0.481 e. The zero-order valence-corrected chi connectivity index (χ0v) is 9.02. The molecule has 2 heterocycles. The van der Waals surface area contributed by atoms with Gasteiger partial charge in [-0.1, -0.05) is 0 Å². The molecule has 0 aromatic carbocycles. The maximum Gasteiger partial charge on any atom is 0.304 e. The second-order valence-electron chi connectivity index (χ2n) is 4.62. The number of hydrogen-bond acceptors (Lipinski definition) is 3.